The van der Waals surface area contributed by atoms with Gasteiger partial charge in [-0.25, -0.2) is 0 Å². The number of aromatic nitrogens is 1. The Morgan fingerprint density at radius 2 is 1.87 bits per heavy atom. The summed E-state index contributed by atoms with van der Waals surface area (Å²) in [4.78, 5) is 25.3. The Morgan fingerprint density at radius 1 is 1.09 bits per heavy atom. The van der Waals surface area contributed by atoms with Gasteiger partial charge in [0.2, 0.25) is 5.91 Å². The van der Waals surface area contributed by atoms with Gasteiger partial charge in [0.15, 0.2) is 5.92 Å². The molecule has 4 nitrogen and oxygen atoms in total. The summed E-state index contributed by atoms with van der Waals surface area (Å²) in [5.41, 5.74) is 4.51. The standard InChI is InChI=1S/C19H15NO3/c1-11-7-8-15-13-5-3-4-6-14(13)16(19(22)23-2)18(21)20-10-9-12(11)17(15)20/h3-10,16H,1-2H3/t16-/m0/s1. The van der Waals surface area contributed by atoms with Crippen LogP contribution in [0.4, 0.5) is 0 Å². The lowest BCUT2D eigenvalue weighted by atomic mass is 9.90. The Bertz CT molecular complexity index is 968. The predicted molar refractivity (Wildman–Crippen MR) is 87.5 cm³/mol. The van der Waals surface area contributed by atoms with E-state index in [9.17, 15) is 9.59 Å². The zero-order chi connectivity index (χ0) is 16.1. The molecule has 2 aromatic carbocycles. The van der Waals surface area contributed by atoms with Crippen molar-refractivity contribution in [3.8, 4) is 11.1 Å². The molecule has 1 aromatic heterocycles. The highest BCUT2D eigenvalue weighted by atomic mass is 16.5. The first kappa shape index (κ1) is 13.8. The quantitative estimate of drug-likeness (QED) is 0.510. The molecular formula is C19H15NO3. The van der Waals surface area contributed by atoms with Crippen molar-refractivity contribution in [2.24, 2.45) is 0 Å². The second-order valence-corrected chi connectivity index (χ2v) is 5.76. The largest absolute Gasteiger partial charge is 0.468 e. The molecule has 0 aliphatic carbocycles. The zero-order valence-corrected chi connectivity index (χ0v) is 12.9. The summed E-state index contributed by atoms with van der Waals surface area (Å²) in [7, 11) is 1.31. The fourth-order valence-electron chi connectivity index (χ4n) is 3.42. The summed E-state index contributed by atoms with van der Waals surface area (Å²) in [6.45, 7) is 2.02. The first-order chi connectivity index (χ1) is 11.1. The third-order valence-electron chi connectivity index (χ3n) is 4.55. The number of esters is 1. The van der Waals surface area contributed by atoms with Crippen LogP contribution < -0.4 is 0 Å². The highest BCUT2D eigenvalue weighted by Gasteiger charge is 2.36. The summed E-state index contributed by atoms with van der Waals surface area (Å²) in [6.07, 6.45) is 1.74. The van der Waals surface area contributed by atoms with Gasteiger partial charge in [-0.3, -0.25) is 14.2 Å². The van der Waals surface area contributed by atoms with Gasteiger partial charge in [0.1, 0.15) is 0 Å². The minimum absolute atomic E-state index is 0.274. The van der Waals surface area contributed by atoms with Crippen molar-refractivity contribution in [2.75, 3.05) is 7.11 Å². The molecule has 1 aliphatic rings. The lowest BCUT2D eigenvalue weighted by Gasteiger charge is -2.14. The number of rotatable bonds is 1. The van der Waals surface area contributed by atoms with Crippen molar-refractivity contribution in [3.05, 3.63) is 59.8 Å². The zero-order valence-electron chi connectivity index (χ0n) is 12.9. The fourth-order valence-corrected chi connectivity index (χ4v) is 3.42. The van der Waals surface area contributed by atoms with E-state index in [0.29, 0.717) is 5.56 Å². The summed E-state index contributed by atoms with van der Waals surface area (Å²) in [5.74, 6) is -1.75. The van der Waals surface area contributed by atoms with Gasteiger partial charge < -0.3 is 4.74 Å². The summed E-state index contributed by atoms with van der Waals surface area (Å²) in [5, 5.41) is 1.02. The number of carbonyl (C=O) groups excluding carboxylic acids is 2. The van der Waals surface area contributed by atoms with E-state index in [1.807, 2.05) is 49.4 Å². The lowest BCUT2D eigenvalue weighted by Crippen LogP contribution is -2.26. The molecule has 0 spiro atoms. The molecule has 0 bridgehead atoms. The number of hydrogen-bond donors (Lipinski definition) is 0. The first-order valence-corrected chi connectivity index (χ1v) is 7.45. The molecule has 1 atom stereocenters. The maximum absolute atomic E-state index is 13.0. The Labute approximate surface area is 133 Å². The normalized spacial score (nSPS) is 16.1. The van der Waals surface area contributed by atoms with E-state index in [4.69, 9.17) is 4.74 Å². The van der Waals surface area contributed by atoms with Crippen molar-refractivity contribution in [1.82, 2.24) is 4.57 Å². The minimum Gasteiger partial charge on any atom is -0.468 e. The van der Waals surface area contributed by atoms with Crippen LogP contribution in [0.1, 0.15) is 21.8 Å². The van der Waals surface area contributed by atoms with E-state index in [-0.39, 0.29) is 5.91 Å². The topological polar surface area (TPSA) is 48.3 Å². The van der Waals surface area contributed by atoms with E-state index in [2.05, 4.69) is 0 Å². The molecular weight excluding hydrogens is 290 g/mol. The highest BCUT2D eigenvalue weighted by Crippen LogP contribution is 2.40. The molecule has 0 radical (unpaired) electrons. The van der Waals surface area contributed by atoms with E-state index in [1.165, 1.54) is 7.11 Å². The van der Waals surface area contributed by atoms with E-state index < -0.39 is 11.9 Å². The van der Waals surface area contributed by atoms with Crippen molar-refractivity contribution in [3.63, 3.8) is 0 Å². The smallest absolute Gasteiger partial charge is 0.322 e. The maximum atomic E-state index is 13.0. The molecule has 4 heteroatoms. The van der Waals surface area contributed by atoms with Gasteiger partial charge in [-0.1, -0.05) is 36.4 Å². The van der Waals surface area contributed by atoms with Gasteiger partial charge in [0, 0.05) is 17.1 Å². The number of hydrogen-bond acceptors (Lipinski definition) is 3. The van der Waals surface area contributed by atoms with Gasteiger partial charge in [-0.15, -0.1) is 0 Å². The number of benzene rings is 2. The summed E-state index contributed by atoms with van der Waals surface area (Å²) < 4.78 is 6.48. The van der Waals surface area contributed by atoms with Gasteiger partial charge in [0.05, 0.1) is 12.6 Å². The van der Waals surface area contributed by atoms with Crippen molar-refractivity contribution >= 4 is 22.8 Å². The number of nitrogens with zero attached hydrogens (tertiary/aromatic N) is 1. The fraction of sp³-hybridized carbons (Fsp3) is 0.158. The molecule has 0 amide bonds. The van der Waals surface area contributed by atoms with Crippen LogP contribution in [-0.4, -0.2) is 23.6 Å². The van der Waals surface area contributed by atoms with Crippen LogP contribution in [0.5, 0.6) is 0 Å². The van der Waals surface area contributed by atoms with Crippen LogP contribution in [0.2, 0.25) is 0 Å². The molecule has 0 saturated carbocycles. The van der Waals surface area contributed by atoms with E-state index >= 15 is 0 Å². The molecule has 23 heavy (non-hydrogen) atoms. The van der Waals surface area contributed by atoms with Crippen LogP contribution in [-0.2, 0) is 9.53 Å². The van der Waals surface area contributed by atoms with Crippen molar-refractivity contribution in [2.45, 2.75) is 12.8 Å². The molecule has 2 heterocycles. The Hall–Kier alpha value is -2.88. The van der Waals surface area contributed by atoms with E-state index in [1.54, 1.807) is 10.8 Å². The monoisotopic (exact) mass is 305 g/mol. The number of ether oxygens (including phenoxy) is 1. The Morgan fingerprint density at radius 3 is 2.65 bits per heavy atom. The summed E-state index contributed by atoms with van der Waals surface area (Å²) >= 11 is 0. The summed E-state index contributed by atoms with van der Waals surface area (Å²) in [6, 6.07) is 13.5. The molecule has 114 valence electrons. The molecule has 3 aromatic rings. The SMILES string of the molecule is COC(=O)[C@@H]1C(=O)n2ccc3c(C)ccc(c32)-c2ccccc21. The highest BCUT2D eigenvalue weighted by molar-refractivity contribution is 6.13. The van der Waals surface area contributed by atoms with Crippen LogP contribution in [0.3, 0.4) is 0 Å². The third kappa shape index (κ3) is 1.78. The predicted octanol–water partition coefficient (Wildman–Crippen LogP) is 3.53. The van der Waals surface area contributed by atoms with Crippen molar-refractivity contribution in [1.29, 1.82) is 0 Å². The van der Waals surface area contributed by atoms with Crippen LogP contribution in [0.15, 0.2) is 48.7 Å². The Kier molecular flexibility index (Phi) is 2.88. The number of aryl methyl sites for hydroxylation is 1. The average molecular weight is 305 g/mol. The van der Waals surface area contributed by atoms with Gasteiger partial charge in [-0.2, -0.15) is 0 Å². The van der Waals surface area contributed by atoms with Crippen LogP contribution in [0.25, 0.3) is 22.0 Å². The molecule has 0 fully saturated rings. The Balaban J connectivity index is 2.16. The van der Waals surface area contributed by atoms with Crippen LogP contribution >= 0.6 is 0 Å². The lowest BCUT2D eigenvalue weighted by molar-refractivity contribution is -0.141. The first-order valence-electron chi connectivity index (χ1n) is 7.45. The number of carbonyl (C=O) groups is 2. The molecule has 0 saturated heterocycles. The average Bonchev–Trinajstić information content (AvgIpc) is 2.98. The second-order valence-electron chi connectivity index (χ2n) is 5.76. The van der Waals surface area contributed by atoms with Gasteiger partial charge in [0.25, 0.3) is 0 Å². The van der Waals surface area contributed by atoms with Crippen LogP contribution in [0, 0.1) is 6.92 Å². The maximum Gasteiger partial charge on any atom is 0.322 e. The molecule has 4 rings (SSSR count). The number of fused-ring (bicyclic) bond motifs is 2. The molecule has 0 unspecified atom stereocenters. The van der Waals surface area contributed by atoms with Crippen molar-refractivity contribution < 1.29 is 14.3 Å². The minimum atomic E-state index is -0.945. The molecule has 1 aliphatic heterocycles. The third-order valence-corrected chi connectivity index (χ3v) is 4.55. The molecule has 0 N–H and O–H groups in total. The number of methoxy groups -OCH3 is 1. The van der Waals surface area contributed by atoms with Gasteiger partial charge >= 0.3 is 5.97 Å². The van der Waals surface area contributed by atoms with Gasteiger partial charge in [-0.05, 0) is 29.7 Å². The van der Waals surface area contributed by atoms with E-state index in [0.717, 1.165) is 27.6 Å². The second kappa shape index (κ2) is 4.81.